The number of fused-ring (bicyclic) bond motifs is 3. The Morgan fingerprint density at radius 2 is 1.42 bits per heavy atom. The Morgan fingerprint density at radius 1 is 0.833 bits per heavy atom. The van der Waals surface area contributed by atoms with E-state index in [0.29, 0.717) is 5.84 Å². The van der Waals surface area contributed by atoms with Crippen LogP contribution >= 0.6 is 0 Å². The first-order valence-electron chi connectivity index (χ1n) is 8.31. The van der Waals surface area contributed by atoms with E-state index >= 15 is 0 Å². The highest BCUT2D eigenvalue weighted by molar-refractivity contribution is 6.18. The molecule has 121 valence electrons. The molecule has 3 nitrogen and oxygen atoms in total. The molecule has 0 aliphatic carbocycles. The minimum absolute atomic E-state index is 0.434. The van der Waals surface area contributed by atoms with E-state index in [9.17, 15) is 5.21 Å². The Hall–Kier alpha value is -2.39. The van der Waals surface area contributed by atoms with Gasteiger partial charge in [0.25, 0.3) is 0 Å². The molecule has 0 amide bonds. The summed E-state index contributed by atoms with van der Waals surface area (Å²) in [5, 5.41) is 18.7. The SMILES string of the molecule is CC1(C)N=C(c2cc3ccccc3c3ccccc23)N([O])C1(C)C. The lowest BCUT2D eigenvalue weighted by molar-refractivity contribution is -0.158. The molecular formula is C21H21N2O. The molecule has 1 radical (unpaired) electrons. The minimum atomic E-state index is -0.574. The van der Waals surface area contributed by atoms with Crippen LogP contribution in [-0.2, 0) is 5.21 Å². The van der Waals surface area contributed by atoms with Gasteiger partial charge in [-0.2, -0.15) is 5.06 Å². The fourth-order valence-electron chi connectivity index (χ4n) is 3.37. The maximum Gasteiger partial charge on any atom is 0.160 e. The first-order valence-corrected chi connectivity index (χ1v) is 8.31. The van der Waals surface area contributed by atoms with Crippen molar-refractivity contribution >= 4 is 27.4 Å². The van der Waals surface area contributed by atoms with E-state index in [1.165, 1.54) is 5.39 Å². The highest BCUT2D eigenvalue weighted by Gasteiger charge is 2.50. The predicted octanol–water partition coefficient (Wildman–Crippen LogP) is 4.96. The molecule has 0 fully saturated rings. The lowest BCUT2D eigenvalue weighted by Gasteiger charge is -2.35. The standard InChI is InChI=1S/C21H21N2O/c1-20(2)21(3,4)23(24)19(22-20)18-13-14-9-5-6-10-15(14)16-11-7-8-12-17(16)18/h5-13H,1-4H3. The molecule has 24 heavy (non-hydrogen) atoms. The smallest absolute Gasteiger partial charge is 0.160 e. The van der Waals surface area contributed by atoms with Gasteiger partial charge in [-0.1, -0.05) is 53.7 Å². The van der Waals surface area contributed by atoms with Crippen LogP contribution in [0.1, 0.15) is 33.3 Å². The van der Waals surface area contributed by atoms with Crippen molar-refractivity contribution in [2.24, 2.45) is 4.99 Å². The highest BCUT2D eigenvalue weighted by Crippen LogP contribution is 2.40. The van der Waals surface area contributed by atoms with Gasteiger partial charge in [0.1, 0.15) is 0 Å². The number of aliphatic imine (C=N–C) groups is 1. The minimum Gasteiger partial charge on any atom is -0.257 e. The van der Waals surface area contributed by atoms with Crippen molar-refractivity contribution < 1.29 is 5.21 Å². The molecule has 1 heterocycles. The van der Waals surface area contributed by atoms with Gasteiger partial charge < -0.3 is 0 Å². The zero-order chi connectivity index (χ0) is 17.1. The molecule has 0 atom stereocenters. The molecule has 3 heteroatoms. The van der Waals surface area contributed by atoms with Gasteiger partial charge in [0, 0.05) is 5.56 Å². The van der Waals surface area contributed by atoms with Crippen LogP contribution in [0, 0.1) is 0 Å². The van der Waals surface area contributed by atoms with Gasteiger partial charge in [-0.15, -0.1) is 0 Å². The fraction of sp³-hybridized carbons (Fsp3) is 0.286. The number of nitrogens with zero attached hydrogens (tertiary/aromatic N) is 2. The molecule has 0 spiro atoms. The first-order chi connectivity index (χ1) is 11.3. The zero-order valence-corrected chi connectivity index (χ0v) is 14.5. The molecule has 0 saturated carbocycles. The molecule has 3 aromatic rings. The van der Waals surface area contributed by atoms with Gasteiger partial charge in [0.15, 0.2) is 5.84 Å². The van der Waals surface area contributed by atoms with Crippen molar-refractivity contribution in [3.8, 4) is 0 Å². The lowest BCUT2D eigenvalue weighted by atomic mass is 9.84. The van der Waals surface area contributed by atoms with Crippen LogP contribution in [0.25, 0.3) is 21.5 Å². The Morgan fingerprint density at radius 3 is 2.04 bits per heavy atom. The maximum atomic E-state index is 13.0. The number of hydrogen-bond donors (Lipinski definition) is 0. The summed E-state index contributed by atoms with van der Waals surface area (Å²) in [5.41, 5.74) is -0.0933. The molecule has 0 N–H and O–H groups in total. The summed E-state index contributed by atoms with van der Waals surface area (Å²) in [6, 6.07) is 18.6. The predicted molar refractivity (Wildman–Crippen MR) is 98.7 cm³/mol. The van der Waals surface area contributed by atoms with E-state index < -0.39 is 11.1 Å². The zero-order valence-electron chi connectivity index (χ0n) is 14.5. The third kappa shape index (κ3) is 1.91. The summed E-state index contributed by atoms with van der Waals surface area (Å²) in [6.45, 7) is 7.96. The molecule has 4 rings (SSSR count). The van der Waals surface area contributed by atoms with Crippen LogP contribution in [0.2, 0.25) is 0 Å². The Balaban J connectivity index is 2.07. The molecule has 3 aromatic carbocycles. The van der Waals surface area contributed by atoms with Crippen molar-refractivity contribution in [2.75, 3.05) is 0 Å². The molecule has 0 saturated heterocycles. The quantitative estimate of drug-likeness (QED) is 0.584. The lowest BCUT2D eigenvalue weighted by Crippen LogP contribution is -2.50. The van der Waals surface area contributed by atoms with Crippen molar-refractivity contribution in [1.29, 1.82) is 0 Å². The second-order valence-electron chi connectivity index (χ2n) is 7.54. The van der Waals surface area contributed by atoms with Crippen molar-refractivity contribution in [2.45, 2.75) is 38.8 Å². The van der Waals surface area contributed by atoms with Crippen LogP contribution in [0.4, 0.5) is 0 Å². The third-order valence-corrected chi connectivity index (χ3v) is 5.59. The number of hydrogen-bond acceptors (Lipinski definition) is 2. The molecular weight excluding hydrogens is 296 g/mol. The summed E-state index contributed by atoms with van der Waals surface area (Å²) in [5.74, 6) is 0.534. The monoisotopic (exact) mass is 317 g/mol. The topological polar surface area (TPSA) is 35.5 Å². The van der Waals surface area contributed by atoms with Gasteiger partial charge in [-0.3, -0.25) is 4.99 Å². The van der Waals surface area contributed by atoms with E-state index in [1.807, 2.05) is 52.0 Å². The van der Waals surface area contributed by atoms with Gasteiger partial charge in [-0.25, -0.2) is 0 Å². The second-order valence-corrected chi connectivity index (χ2v) is 7.54. The normalized spacial score (nSPS) is 19.0. The average Bonchev–Trinajstić information content (AvgIpc) is 2.73. The molecule has 1 aliphatic heterocycles. The third-order valence-electron chi connectivity index (χ3n) is 5.59. The summed E-state index contributed by atoms with van der Waals surface area (Å²) >= 11 is 0. The van der Waals surface area contributed by atoms with Crippen molar-refractivity contribution in [3.05, 3.63) is 60.2 Å². The van der Waals surface area contributed by atoms with Crippen molar-refractivity contribution in [1.82, 2.24) is 5.06 Å². The van der Waals surface area contributed by atoms with Gasteiger partial charge >= 0.3 is 0 Å². The van der Waals surface area contributed by atoms with Crippen LogP contribution in [-0.4, -0.2) is 22.0 Å². The summed E-state index contributed by atoms with van der Waals surface area (Å²) < 4.78 is 0. The highest BCUT2D eigenvalue weighted by atomic mass is 16.5. The van der Waals surface area contributed by atoms with E-state index in [2.05, 4.69) is 30.3 Å². The number of rotatable bonds is 1. The van der Waals surface area contributed by atoms with Gasteiger partial charge in [-0.05, 0) is 55.3 Å². The van der Waals surface area contributed by atoms with E-state index in [1.54, 1.807) is 0 Å². The van der Waals surface area contributed by atoms with Gasteiger partial charge in [0.2, 0.25) is 0 Å². The van der Waals surface area contributed by atoms with E-state index in [-0.39, 0.29) is 0 Å². The van der Waals surface area contributed by atoms with Crippen LogP contribution in [0.15, 0.2) is 59.6 Å². The Kier molecular flexibility index (Phi) is 3.03. The van der Waals surface area contributed by atoms with Crippen LogP contribution in [0.3, 0.4) is 0 Å². The number of benzene rings is 3. The molecule has 1 aliphatic rings. The summed E-state index contributed by atoms with van der Waals surface area (Å²) in [6.07, 6.45) is 0. The number of hydroxylamine groups is 2. The summed E-state index contributed by atoms with van der Waals surface area (Å²) in [7, 11) is 0. The molecule has 0 bridgehead atoms. The molecule has 0 unspecified atom stereocenters. The Bertz CT molecular complexity index is 985. The van der Waals surface area contributed by atoms with Crippen molar-refractivity contribution in [3.63, 3.8) is 0 Å². The number of amidine groups is 1. The summed E-state index contributed by atoms with van der Waals surface area (Å²) in [4.78, 5) is 4.81. The van der Waals surface area contributed by atoms with Crippen LogP contribution < -0.4 is 0 Å². The second kappa shape index (κ2) is 4.81. The largest absolute Gasteiger partial charge is 0.257 e. The average molecular weight is 317 g/mol. The van der Waals surface area contributed by atoms with Crippen LogP contribution in [0.5, 0.6) is 0 Å². The Labute approximate surface area is 142 Å². The van der Waals surface area contributed by atoms with E-state index in [4.69, 9.17) is 4.99 Å². The maximum absolute atomic E-state index is 13.0. The first kappa shape index (κ1) is 15.2. The fourth-order valence-corrected chi connectivity index (χ4v) is 3.37. The van der Waals surface area contributed by atoms with Gasteiger partial charge in [0.05, 0.1) is 11.1 Å². The van der Waals surface area contributed by atoms with E-state index in [0.717, 1.165) is 26.8 Å². The molecule has 0 aromatic heterocycles.